The van der Waals surface area contributed by atoms with E-state index >= 15 is 0 Å². The van der Waals surface area contributed by atoms with Gasteiger partial charge in [0.25, 0.3) is 5.91 Å². The van der Waals surface area contributed by atoms with E-state index in [2.05, 4.69) is 17.2 Å². The molecule has 8 nitrogen and oxygen atoms in total. The smallest absolute Gasteiger partial charge is 0.341 e. The van der Waals surface area contributed by atoms with Gasteiger partial charge in [-0.25, -0.2) is 9.78 Å². The second-order valence-corrected chi connectivity index (χ2v) is 8.95. The van der Waals surface area contributed by atoms with E-state index in [0.717, 1.165) is 40.7 Å². The van der Waals surface area contributed by atoms with Crippen molar-refractivity contribution in [2.24, 2.45) is 5.92 Å². The highest BCUT2D eigenvalue weighted by Crippen LogP contribution is 2.40. The van der Waals surface area contributed by atoms with Crippen molar-refractivity contribution < 1.29 is 23.9 Å². The zero-order valence-corrected chi connectivity index (χ0v) is 18.9. The van der Waals surface area contributed by atoms with Crippen molar-refractivity contribution >= 4 is 45.2 Å². The van der Waals surface area contributed by atoms with Crippen LogP contribution in [-0.2, 0) is 38.4 Å². The van der Waals surface area contributed by atoms with E-state index in [9.17, 15) is 14.4 Å². The van der Waals surface area contributed by atoms with Gasteiger partial charge in [0.15, 0.2) is 6.61 Å². The number of imidazole rings is 1. The zero-order valence-electron chi connectivity index (χ0n) is 18.1. The topological polar surface area (TPSA) is 99.5 Å². The number of amides is 1. The van der Waals surface area contributed by atoms with E-state index in [1.54, 1.807) is 17.8 Å². The van der Waals surface area contributed by atoms with Crippen molar-refractivity contribution in [2.75, 3.05) is 18.5 Å². The van der Waals surface area contributed by atoms with Gasteiger partial charge in [-0.1, -0.05) is 19.1 Å². The molecule has 9 heteroatoms. The highest BCUT2D eigenvalue weighted by atomic mass is 32.1. The summed E-state index contributed by atoms with van der Waals surface area (Å²) in [6, 6.07) is 7.45. The van der Waals surface area contributed by atoms with E-state index in [1.807, 2.05) is 24.3 Å². The number of esters is 2. The third kappa shape index (κ3) is 4.67. The van der Waals surface area contributed by atoms with Gasteiger partial charge in [-0.05, 0) is 49.8 Å². The van der Waals surface area contributed by atoms with Gasteiger partial charge in [-0.15, -0.1) is 11.3 Å². The van der Waals surface area contributed by atoms with Crippen LogP contribution >= 0.6 is 11.3 Å². The second kappa shape index (κ2) is 9.52. The number of carbonyl (C=O) groups excluding carboxylic acids is 3. The zero-order chi connectivity index (χ0) is 22.7. The number of fused-ring (bicyclic) bond motifs is 2. The quantitative estimate of drug-likeness (QED) is 0.547. The summed E-state index contributed by atoms with van der Waals surface area (Å²) in [7, 11) is 0. The molecular formula is C23H25N3O5S. The molecule has 2 heterocycles. The molecule has 0 bridgehead atoms. The number of hydrogen-bond donors (Lipinski definition) is 1. The number of carbonyl (C=O) groups is 3. The van der Waals surface area contributed by atoms with Crippen LogP contribution in [0.3, 0.4) is 0 Å². The van der Waals surface area contributed by atoms with Crippen LogP contribution in [0.1, 0.15) is 41.1 Å². The molecule has 0 radical (unpaired) electrons. The molecule has 168 valence electrons. The number of aromatic nitrogens is 2. The Morgan fingerprint density at radius 3 is 2.88 bits per heavy atom. The fraction of sp³-hybridized carbons (Fsp3) is 0.391. The lowest BCUT2D eigenvalue weighted by Gasteiger charge is -2.18. The van der Waals surface area contributed by atoms with Gasteiger partial charge in [0, 0.05) is 4.88 Å². The summed E-state index contributed by atoms with van der Waals surface area (Å²) in [5.74, 6) is -0.946. The molecule has 1 atom stereocenters. The minimum absolute atomic E-state index is 0.0486. The summed E-state index contributed by atoms with van der Waals surface area (Å²) in [4.78, 5) is 42.6. The average Bonchev–Trinajstić information content (AvgIpc) is 3.33. The van der Waals surface area contributed by atoms with E-state index in [-0.39, 0.29) is 13.2 Å². The lowest BCUT2D eigenvalue weighted by atomic mass is 9.88. The van der Waals surface area contributed by atoms with Crippen LogP contribution in [0.15, 0.2) is 30.6 Å². The summed E-state index contributed by atoms with van der Waals surface area (Å²) >= 11 is 1.40. The summed E-state index contributed by atoms with van der Waals surface area (Å²) in [5, 5.41) is 3.21. The van der Waals surface area contributed by atoms with Crippen molar-refractivity contribution in [1.82, 2.24) is 9.55 Å². The first kappa shape index (κ1) is 22.0. The molecule has 1 amide bonds. The van der Waals surface area contributed by atoms with Gasteiger partial charge in [-0.2, -0.15) is 0 Å². The van der Waals surface area contributed by atoms with Gasteiger partial charge >= 0.3 is 11.9 Å². The Morgan fingerprint density at radius 2 is 2.06 bits per heavy atom. The molecule has 0 spiro atoms. The van der Waals surface area contributed by atoms with Gasteiger partial charge in [0.2, 0.25) is 0 Å². The lowest BCUT2D eigenvalue weighted by Crippen LogP contribution is -2.23. The standard InChI is InChI=1S/C23H25N3O5S/c1-3-30-23(29)21-15-9-8-14(2)10-18(15)32-22(21)25-19(27)12-31-20(28)11-26-13-24-16-6-4-5-7-17(16)26/h4-7,13-14H,3,8-12H2,1-2H3,(H,25,27)/t14-/m0/s1. The highest BCUT2D eigenvalue weighted by molar-refractivity contribution is 7.17. The molecule has 1 aliphatic carbocycles. The molecule has 4 rings (SSSR count). The minimum Gasteiger partial charge on any atom is -0.462 e. The Bertz CT molecular complexity index is 1170. The Morgan fingerprint density at radius 1 is 1.25 bits per heavy atom. The van der Waals surface area contributed by atoms with Crippen molar-refractivity contribution in [1.29, 1.82) is 0 Å². The van der Waals surface area contributed by atoms with Crippen LogP contribution in [0.2, 0.25) is 0 Å². The predicted octanol–water partition coefficient (Wildman–Crippen LogP) is 3.58. The summed E-state index contributed by atoms with van der Waals surface area (Å²) in [6.07, 6.45) is 4.21. The first-order chi connectivity index (χ1) is 15.5. The molecule has 32 heavy (non-hydrogen) atoms. The number of thiophene rings is 1. The maximum Gasteiger partial charge on any atom is 0.341 e. The molecule has 2 aromatic heterocycles. The molecule has 0 saturated heterocycles. The Hall–Kier alpha value is -3.20. The SMILES string of the molecule is CCOC(=O)c1c(NC(=O)COC(=O)Cn2cnc3ccccc32)sc2c1CC[C@H](C)C2. The molecule has 3 aromatic rings. The third-order valence-electron chi connectivity index (χ3n) is 5.44. The van der Waals surface area contributed by atoms with E-state index < -0.39 is 24.5 Å². The van der Waals surface area contributed by atoms with Gasteiger partial charge in [-0.3, -0.25) is 9.59 Å². The fourth-order valence-corrected chi connectivity index (χ4v) is 5.30. The van der Waals surface area contributed by atoms with Crippen LogP contribution in [0.25, 0.3) is 11.0 Å². The minimum atomic E-state index is -0.548. The highest BCUT2D eigenvalue weighted by Gasteiger charge is 2.29. The largest absolute Gasteiger partial charge is 0.462 e. The molecular weight excluding hydrogens is 430 g/mol. The summed E-state index contributed by atoms with van der Waals surface area (Å²) in [6.45, 7) is 3.70. The Balaban J connectivity index is 1.40. The van der Waals surface area contributed by atoms with Crippen molar-refractivity contribution in [3.05, 3.63) is 46.6 Å². The first-order valence-corrected chi connectivity index (χ1v) is 11.4. The van der Waals surface area contributed by atoms with E-state index in [1.165, 1.54) is 11.3 Å². The first-order valence-electron chi connectivity index (χ1n) is 10.6. The number of hydrogen-bond acceptors (Lipinski definition) is 7. The monoisotopic (exact) mass is 455 g/mol. The molecule has 0 unspecified atom stereocenters. The summed E-state index contributed by atoms with van der Waals surface area (Å²) in [5.41, 5.74) is 2.99. The normalized spacial score (nSPS) is 15.2. The average molecular weight is 456 g/mol. The van der Waals surface area contributed by atoms with Crippen molar-refractivity contribution in [3.63, 3.8) is 0 Å². The van der Waals surface area contributed by atoms with Gasteiger partial charge < -0.3 is 19.4 Å². The number of anilines is 1. The van der Waals surface area contributed by atoms with Crippen LogP contribution in [-0.4, -0.2) is 40.6 Å². The number of ether oxygens (including phenoxy) is 2. The number of para-hydroxylation sites is 2. The van der Waals surface area contributed by atoms with Crippen LogP contribution in [0.5, 0.6) is 0 Å². The van der Waals surface area contributed by atoms with E-state index in [4.69, 9.17) is 9.47 Å². The lowest BCUT2D eigenvalue weighted by molar-refractivity contribution is -0.147. The van der Waals surface area contributed by atoms with Gasteiger partial charge in [0.1, 0.15) is 11.5 Å². The van der Waals surface area contributed by atoms with Crippen molar-refractivity contribution in [3.8, 4) is 0 Å². The maximum absolute atomic E-state index is 12.6. The Kier molecular flexibility index (Phi) is 6.55. The number of nitrogens with zero attached hydrogens (tertiary/aromatic N) is 2. The molecule has 0 aliphatic heterocycles. The predicted molar refractivity (Wildman–Crippen MR) is 121 cm³/mol. The number of benzene rings is 1. The fourth-order valence-electron chi connectivity index (χ4n) is 3.89. The van der Waals surface area contributed by atoms with Crippen LogP contribution < -0.4 is 5.32 Å². The molecule has 1 aromatic carbocycles. The number of nitrogens with one attached hydrogen (secondary N) is 1. The van der Waals surface area contributed by atoms with Crippen LogP contribution in [0, 0.1) is 5.92 Å². The van der Waals surface area contributed by atoms with Gasteiger partial charge in [0.05, 0.1) is 29.5 Å². The Labute approximate surface area is 189 Å². The molecule has 0 saturated carbocycles. The maximum atomic E-state index is 12.6. The third-order valence-corrected chi connectivity index (χ3v) is 6.61. The second-order valence-electron chi connectivity index (χ2n) is 7.85. The summed E-state index contributed by atoms with van der Waals surface area (Å²) < 4.78 is 12.0. The van der Waals surface area contributed by atoms with Crippen molar-refractivity contribution in [2.45, 2.75) is 39.7 Å². The van der Waals surface area contributed by atoms with Crippen LogP contribution in [0.4, 0.5) is 5.00 Å². The van der Waals surface area contributed by atoms with E-state index in [0.29, 0.717) is 16.5 Å². The number of rotatable bonds is 7. The molecule has 1 N–H and O–H groups in total. The molecule has 1 aliphatic rings. The molecule has 0 fully saturated rings.